The lowest BCUT2D eigenvalue weighted by Gasteiger charge is -2.33. The van der Waals surface area contributed by atoms with Crippen LogP contribution in [0, 0.1) is 5.92 Å². The van der Waals surface area contributed by atoms with Crippen molar-refractivity contribution in [1.29, 1.82) is 0 Å². The van der Waals surface area contributed by atoms with Gasteiger partial charge < -0.3 is 40.5 Å². The van der Waals surface area contributed by atoms with Crippen LogP contribution in [0.5, 0.6) is 46.0 Å². The third-order valence-corrected chi connectivity index (χ3v) is 5.23. The minimum Gasteiger partial charge on any atom is -0.508 e. The minimum absolute atomic E-state index is 0.0328. The summed E-state index contributed by atoms with van der Waals surface area (Å²) in [5.74, 6) is -4.91. The van der Waals surface area contributed by atoms with Gasteiger partial charge in [-0.25, -0.2) is 0 Å². The highest BCUT2D eigenvalue weighted by molar-refractivity contribution is 6.00. The molecule has 2 atom stereocenters. The van der Waals surface area contributed by atoms with Gasteiger partial charge in [0.15, 0.2) is 34.5 Å². The van der Waals surface area contributed by atoms with Gasteiger partial charge in [0.25, 0.3) is 0 Å². The van der Waals surface area contributed by atoms with Crippen LogP contribution in [0.2, 0.25) is 0 Å². The van der Waals surface area contributed by atoms with E-state index in [-0.39, 0.29) is 40.5 Å². The van der Waals surface area contributed by atoms with E-state index in [9.17, 15) is 40.5 Å². The van der Waals surface area contributed by atoms with Gasteiger partial charge in [0, 0.05) is 23.3 Å². The van der Waals surface area contributed by atoms with Crippen molar-refractivity contribution in [2.45, 2.75) is 12.5 Å². The Morgan fingerprint density at radius 3 is 2.10 bits per heavy atom. The van der Waals surface area contributed by atoms with Crippen molar-refractivity contribution < 1.29 is 45.3 Å². The van der Waals surface area contributed by atoms with Gasteiger partial charge in [-0.3, -0.25) is 4.79 Å². The summed E-state index contributed by atoms with van der Waals surface area (Å²) in [7, 11) is 0. The molecule has 0 spiro atoms. The molecular weight excluding hydrogens is 408 g/mol. The maximum absolute atomic E-state index is 13.3. The Labute approximate surface area is 175 Å². The topological polar surface area (TPSA) is 168 Å². The molecule has 0 radical (unpaired) electrons. The number of carbonyl (C=O) groups excluding carboxylic acids is 1. The molecule has 0 bridgehead atoms. The Balaban J connectivity index is 1.83. The number of fused-ring (bicyclic) bond motifs is 1. The maximum atomic E-state index is 13.3. The molecular formula is C22H18O9. The van der Waals surface area contributed by atoms with Gasteiger partial charge in [-0.1, -0.05) is 6.07 Å². The molecule has 160 valence electrons. The predicted octanol–water partition coefficient (Wildman–Crippen LogP) is 2.80. The maximum Gasteiger partial charge on any atom is 0.200 e. The summed E-state index contributed by atoms with van der Waals surface area (Å²) in [5.41, 5.74) is 0.480. The highest BCUT2D eigenvalue weighted by Crippen LogP contribution is 2.47. The predicted molar refractivity (Wildman–Crippen MR) is 106 cm³/mol. The zero-order valence-corrected chi connectivity index (χ0v) is 15.9. The van der Waals surface area contributed by atoms with Gasteiger partial charge in [-0.2, -0.15) is 0 Å². The van der Waals surface area contributed by atoms with Crippen molar-refractivity contribution in [3.05, 3.63) is 59.2 Å². The van der Waals surface area contributed by atoms with Crippen LogP contribution in [0.3, 0.4) is 0 Å². The molecule has 0 saturated carbocycles. The van der Waals surface area contributed by atoms with E-state index in [0.29, 0.717) is 5.56 Å². The number of aromatic hydroxyl groups is 7. The Morgan fingerprint density at radius 2 is 1.45 bits per heavy atom. The first-order valence-electron chi connectivity index (χ1n) is 9.18. The molecule has 0 aromatic heterocycles. The Hall–Kier alpha value is -4.27. The van der Waals surface area contributed by atoms with Gasteiger partial charge in [0.2, 0.25) is 0 Å². The summed E-state index contributed by atoms with van der Waals surface area (Å²) < 4.78 is 5.91. The van der Waals surface area contributed by atoms with E-state index >= 15 is 0 Å². The van der Waals surface area contributed by atoms with E-state index in [4.69, 9.17) is 4.74 Å². The molecule has 7 N–H and O–H groups in total. The van der Waals surface area contributed by atoms with Crippen LogP contribution >= 0.6 is 0 Å². The summed E-state index contributed by atoms with van der Waals surface area (Å²) in [6.07, 6.45) is -1.04. The lowest BCUT2D eigenvalue weighted by molar-refractivity contribution is 0.0680. The van der Waals surface area contributed by atoms with E-state index < -0.39 is 40.8 Å². The van der Waals surface area contributed by atoms with Crippen LogP contribution in [-0.4, -0.2) is 41.5 Å². The van der Waals surface area contributed by atoms with Crippen LogP contribution in [0.1, 0.15) is 27.6 Å². The third kappa shape index (κ3) is 3.46. The number of phenolic OH excluding ortho intramolecular Hbond substituents is 7. The number of phenols is 7. The molecule has 0 fully saturated rings. The van der Waals surface area contributed by atoms with Gasteiger partial charge in [-0.15, -0.1) is 0 Å². The number of ketones is 1. The fourth-order valence-electron chi connectivity index (χ4n) is 3.68. The van der Waals surface area contributed by atoms with Crippen LogP contribution < -0.4 is 4.74 Å². The van der Waals surface area contributed by atoms with Crippen molar-refractivity contribution in [2.24, 2.45) is 5.92 Å². The average Bonchev–Trinajstić information content (AvgIpc) is 2.72. The number of benzene rings is 3. The molecule has 31 heavy (non-hydrogen) atoms. The van der Waals surface area contributed by atoms with Gasteiger partial charge >= 0.3 is 0 Å². The van der Waals surface area contributed by atoms with Crippen LogP contribution in [0.15, 0.2) is 42.5 Å². The van der Waals surface area contributed by atoms with Gasteiger partial charge in [-0.05, 0) is 36.2 Å². The van der Waals surface area contributed by atoms with Gasteiger partial charge in [0.1, 0.15) is 23.4 Å². The molecule has 3 aromatic carbocycles. The summed E-state index contributed by atoms with van der Waals surface area (Å²) in [4.78, 5) is 13.3. The number of carbonyl (C=O) groups is 1. The van der Waals surface area contributed by atoms with Crippen molar-refractivity contribution >= 4 is 5.78 Å². The SMILES string of the molecule is O=C(c1cc(O)c(O)c(O)c1)[C@@H]1Cc2c(O)cc(O)cc2O[C@@H]1c1ccc(O)c(O)c1. The highest BCUT2D eigenvalue weighted by Gasteiger charge is 2.39. The largest absolute Gasteiger partial charge is 0.508 e. The fourth-order valence-corrected chi connectivity index (χ4v) is 3.68. The second-order valence-electron chi connectivity index (χ2n) is 7.27. The summed E-state index contributed by atoms with van der Waals surface area (Å²) >= 11 is 0. The number of ether oxygens (including phenoxy) is 1. The number of Topliss-reactive ketones (excluding diaryl/α,β-unsaturated/α-hetero) is 1. The first-order valence-corrected chi connectivity index (χ1v) is 9.18. The van der Waals surface area contributed by atoms with E-state index in [1.165, 1.54) is 24.3 Å². The normalized spacial score (nSPS) is 17.5. The van der Waals surface area contributed by atoms with Crippen LogP contribution in [0.25, 0.3) is 0 Å². The molecule has 9 heteroatoms. The molecule has 0 unspecified atom stereocenters. The molecule has 1 aliphatic rings. The third-order valence-electron chi connectivity index (χ3n) is 5.23. The summed E-state index contributed by atoms with van der Waals surface area (Å²) in [5, 5.41) is 68.7. The lowest BCUT2D eigenvalue weighted by atomic mass is 9.81. The lowest BCUT2D eigenvalue weighted by Crippen LogP contribution is -2.32. The minimum atomic E-state index is -1.01. The number of rotatable bonds is 3. The van der Waals surface area contributed by atoms with Gasteiger partial charge in [0.05, 0.1) is 5.92 Å². The van der Waals surface area contributed by atoms with E-state index in [1.807, 2.05) is 0 Å². The molecule has 9 nitrogen and oxygen atoms in total. The second kappa shape index (κ2) is 7.21. The summed E-state index contributed by atoms with van der Waals surface area (Å²) in [6.45, 7) is 0. The monoisotopic (exact) mass is 426 g/mol. The summed E-state index contributed by atoms with van der Waals surface area (Å²) in [6, 6.07) is 8.27. The zero-order valence-electron chi connectivity index (χ0n) is 15.9. The standard InChI is InChI=1S/C22H18O9/c23-11-6-15(25)12-8-13(20(29)10-4-17(27)21(30)18(28)5-10)22(31-19(12)7-11)9-1-2-14(24)16(26)3-9/h1-7,13,22-28,30H,8H2/t13-,22+/m0/s1. The van der Waals surface area contributed by atoms with E-state index in [1.54, 1.807) is 0 Å². The number of hydrogen-bond acceptors (Lipinski definition) is 9. The molecule has 3 aromatic rings. The quantitative estimate of drug-likeness (QED) is 0.246. The van der Waals surface area contributed by atoms with E-state index in [2.05, 4.69) is 0 Å². The van der Waals surface area contributed by atoms with Crippen molar-refractivity contribution in [3.63, 3.8) is 0 Å². The fraction of sp³-hybridized carbons (Fsp3) is 0.136. The Kier molecular flexibility index (Phi) is 4.65. The first kappa shape index (κ1) is 20.0. The molecule has 0 saturated heterocycles. The highest BCUT2D eigenvalue weighted by atomic mass is 16.5. The average molecular weight is 426 g/mol. The first-order chi connectivity index (χ1) is 14.7. The molecule has 1 aliphatic heterocycles. The Bertz CT molecular complexity index is 1180. The molecule has 0 amide bonds. The smallest absolute Gasteiger partial charge is 0.200 e. The van der Waals surface area contributed by atoms with Crippen molar-refractivity contribution in [1.82, 2.24) is 0 Å². The van der Waals surface area contributed by atoms with Crippen LogP contribution in [-0.2, 0) is 6.42 Å². The second-order valence-corrected chi connectivity index (χ2v) is 7.27. The van der Waals surface area contributed by atoms with Crippen molar-refractivity contribution in [3.8, 4) is 46.0 Å². The Morgan fingerprint density at radius 1 is 0.774 bits per heavy atom. The molecule has 1 heterocycles. The molecule has 0 aliphatic carbocycles. The zero-order chi connectivity index (χ0) is 22.4. The number of hydrogen-bond donors (Lipinski definition) is 7. The van der Waals surface area contributed by atoms with E-state index in [0.717, 1.165) is 18.2 Å². The molecule has 4 rings (SSSR count). The van der Waals surface area contributed by atoms with Crippen molar-refractivity contribution in [2.75, 3.05) is 0 Å². The van der Waals surface area contributed by atoms with Crippen LogP contribution in [0.4, 0.5) is 0 Å².